The number of furan rings is 1. The third-order valence-electron chi connectivity index (χ3n) is 6.54. The Kier molecular flexibility index (Phi) is 3.88. The topological polar surface area (TPSA) is 26.0 Å². The molecule has 0 amide bonds. The van der Waals surface area contributed by atoms with E-state index in [-0.39, 0.29) is 0 Å². The van der Waals surface area contributed by atoms with E-state index >= 15 is 0 Å². The highest BCUT2D eigenvalue weighted by atomic mass is 16.3. The van der Waals surface area contributed by atoms with Gasteiger partial charge in [-0.15, -0.1) is 0 Å². The molecule has 2 heteroatoms. The monoisotopic (exact) mass is 421 g/mol. The second-order valence-corrected chi connectivity index (χ2v) is 8.40. The van der Waals surface area contributed by atoms with Gasteiger partial charge in [-0.3, -0.25) is 4.98 Å². The van der Waals surface area contributed by atoms with Gasteiger partial charge in [0, 0.05) is 33.5 Å². The van der Waals surface area contributed by atoms with Crippen molar-refractivity contribution in [3.63, 3.8) is 0 Å². The van der Waals surface area contributed by atoms with Gasteiger partial charge in [0.2, 0.25) is 0 Å². The fourth-order valence-electron chi connectivity index (χ4n) is 4.95. The molecule has 33 heavy (non-hydrogen) atoms. The normalized spacial score (nSPS) is 11.6. The summed E-state index contributed by atoms with van der Waals surface area (Å²) in [5.41, 5.74) is 6.20. The molecule has 7 aromatic rings. The van der Waals surface area contributed by atoms with E-state index < -0.39 is 0 Å². The smallest absolute Gasteiger partial charge is 0.143 e. The molecule has 0 spiro atoms. The van der Waals surface area contributed by atoms with Crippen LogP contribution >= 0.6 is 0 Å². The van der Waals surface area contributed by atoms with Crippen molar-refractivity contribution in [2.45, 2.75) is 0 Å². The first-order chi connectivity index (χ1) is 16.4. The lowest BCUT2D eigenvalue weighted by Crippen LogP contribution is -1.88. The molecular formula is C31H19NO. The SMILES string of the molecule is c1ccc2c(c1)ccc1c(-c3ccc(-c4cccc5c4oc4ccccc45)cc3)nccc12. The van der Waals surface area contributed by atoms with Gasteiger partial charge in [-0.1, -0.05) is 97.1 Å². The summed E-state index contributed by atoms with van der Waals surface area (Å²) in [6.45, 7) is 0. The summed E-state index contributed by atoms with van der Waals surface area (Å²) in [7, 11) is 0. The number of hydrogen-bond donors (Lipinski definition) is 0. The Balaban J connectivity index is 1.37. The lowest BCUT2D eigenvalue weighted by Gasteiger charge is -2.10. The average molecular weight is 421 g/mol. The van der Waals surface area contributed by atoms with Gasteiger partial charge in [0.05, 0.1) is 5.69 Å². The molecule has 0 aliphatic rings. The van der Waals surface area contributed by atoms with Crippen molar-refractivity contribution >= 4 is 43.5 Å². The van der Waals surface area contributed by atoms with E-state index in [4.69, 9.17) is 9.40 Å². The van der Waals surface area contributed by atoms with E-state index in [2.05, 4.69) is 97.1 Å². The Bertz CT molecular complexity index is 1810. The number of benzene rings is 5. The summed E-state index contributed by atoms with van der Waals surface area (Å²) in [6.07, 6.45) is 1.91. The van der Waals surface area contributed by atoms with E-state index in [0.29, 0.717) is 0 Å². The summed E-state index contributed by atoms with van der Waals surface area (Å²) < 4.78 is 6.24. The van der Waals surface area contributed by atoms with Gasteiger partial charge in [0.25, 0.3) is 0 Å². The van der Waals surface area contributed by atoms with Crippen LogP contribution in [0, 0.1) is 0 Å². The first kappa shape index (κ1) is 18.2. The minimum Gasteiger partial charge on any atom is -0.455 e. The minimum atomic E-state index is 0.920. The summed E-state index contributed by atoms with van der Waals surface area (Å²) in [5, 5.41) is 7.20. The highest BCUT2D eigenvalue weighted by Crippen LogP contribution is 2.37. The quantitative estimate of drug-likeness (QED) is 0.261. The standard InChI is InChI=1S/C31H19NO/c1-2-7-23-20(6-1)16-17-27-25(23)18-19-32-30(27)22-14-12-21(13-15-22)24-9-5-10-28-26-8-3-4-11-29(26)33-31(24)28/h1-19H. The van der Waals surface area contributed by atoms with E-state index in [1.165, 1.54) is 21.5 Å². The maximum absolute atomic E-state index is 6.24. The van der Waals surface area contributed by atoms with Crippen molar-refractivity contribution in [1.82, 2.24) is 4.98 Å². The number of para-hydroxylation sites is 2. The van der Waals surface area contributed by atoms with Crippen molar-refractivity contribution in [2.75, 3.05) is 0 Å². The van der Waals surface area contributed by atoms with Gasteiger partial charge >= 0.3 is 0 Å². The number of fused-ring (bicyclic) bond motifs is 6. The lowest BCUT2D eigenvalue weighted by atomic mass is 9.97. The van der Waals surface area contributed by atoms with Gasteiger partial charge in [-0.2, -0.15) is 0 Å². The largest absolute Gasteiger partial charge is 0.455 e. The van der Waals surface area contributed by atoms with E-state index in [1.54, 1.807) is 0 Å². The second-order valence-electron chi connectivity index (χ2n) is 8.40. The number of nitrogens with zero attached hydrogens (tertiary/aromatic N) is 1. The third kappa shape index (κ3) is 2.78. The van der Waals surface area contributed by atoms with Crippen LogP contribution in [0.15, 0.2) is 120 Å². The van der Waals surface area contributed by atoms with Crippen LogP contribution in [0.25, 0.3) is 65.9 Å². The summed E-state index contributed by atoms with van der Waals surface area (Å²) in [4.78, 5) is 4.75. The van der Waals surface area contributed by atoms with Crippen LogP contribution in [-0.2, 0) is 0 Å². The number of pyridine rings is 1. The Morgan fingerprint density at radius 3 is 2.15 bits per heavy atom. The van der Waals surface area contributed by atoms with Gasteiger partial charge < -0.3 is 4.42 Å². The second kappa shape index (κ2) is 7.04. The average Bonchev–Trinajstić information content (AvgIpc) is 3.27. The Hall–Kier alpha value is -4.43. The van der Waals surface area contributed by atoms with Crippen molar-refractivity contribution in [3.8, 4) is 22.4 Å². The van der Waals surface area contributed by atoms with Gasteiger partial charge in [0.1, 0.15) is 11.2 Å². The molecule has 0 unspecified atom stereocenters. The van der Waals surface area contributed by atoms with E-state index in [0.717, 1.165) is 44.3 Å². The molecule has 0 atom stereocenters. The Morgan fingerprint density at radius 1 is 0.485 bits per heavy atom. The predicted molar refractivity (Wildman–Crippen MR) is 137 cm³/mol. The Morgan fingerprint density at radius 2 is 1.24 bits per heavy atom. The molecule has 5 aromatic carbocycles. The zero-order chi connectivity index (χ0) is 21.8. The molecule has 0 aliphatic heterocycles. The fourth-order valence-corrected chi connectivity index (χ4v) is 4.95. The third-order valence-corrected chi connectivity index (χ3v) is 6.54. The molecular weight excluding hydrogens is 402 g/mol. The Labute approximate surface area is 190 Å². The molecule has 0 radical (unpaired) electrons. The molecule has 2 heterocycles. The molecule has 2 nitrogen and oxygen atoms in total. The first-order valence-corrected chi connectivity index (χ1v) is 11.1. The molecule has 154 valence electrons. The van der Waals surface area contributed by atoms with Gasteiger partial charge in [-0.05, 0) is 33.9 Å². The van der Waals surface area contributed by atoms with Gasteiger partial charge in [0.15, 0.2) is 0 Å². The predicted octanol–water partition coefficient (Wildman–Crippen LogP) is 8.62. The van der Waals surface area contributed by atoms with Crippen molar-refractivity contribution in [2.24, 2.45) is 0 Å². The van der Waals surface area contributed by atoms with Crippen LogP contribution in [0.3, 0.4) is 0 Å². The highest BCUT2D eigenvalue weighted by Gasteiger charge is 2.13. The highest BCUT2D eigenvalue weighted by molar-refractivity contribution is 6.12. The van der Waals surface area contributed by atoms with Crippen LogP contribution < -0.4 is 0 Å². The molecule has 0 N–H and O–H groups in total. The van der Waals surface area contributed by atoms with Crippen LogP contribution in [0.1, 0.15) is 0 Å². The lowest BCUT2D eigenvalue weighted by molar-refractivity contribution is 0.670. The molecule has 0 saturated heterocycles. The molecule has 0 fully saturated rings. The summed E-state index contributed by atoms with van der Waals surface area (Å²) >= 11 is 0. The molecule has 7 rings (SSSR count). The summed E-state index contributed by atoms with van der Waals surface area (Å²) in [5.74, 6) is 0. The fraction of sp³-hybridized carbons (Fsp3) is 0. The van der Waals surface area contributed by atoms with Crippen LogP contribution in [0.4, 0.5) is 0 Å². The zero-order valence-electron chi connectivity index (χ0n) is 17.8. The minimum absolute atomic E-state index is 0.920. The van der Waals surface area contributed by atoms with E-state index in [9.17, 15) is 0 Å². The van der Waals surface area contributed by atoms with Crippen LogP contribution in [0.2, 0.25) is 0 Å². The molecule has 2 aromatic heterocycles. The van der Waals surface area contributed by atoms with Crippen LogP contribution in [0.5, 0.6) is 0 Å². The number of rotatable bonds is 2. The van der Waals surface area contributed by atoms with Crippen LogP contribution in [-0.4, -0.2) is 4.98 Å². The maximum atomic E-state index is 6.24. The van der Waals surface area contributed by atoms with E-state index in [1.807, 2.05) is 18.3 Å². The van der Waals surface area contributed by atoms with Gasteiger partial charge in [-0.25, -0.2) is 0 Å². The van der Waals surface area contributed by atoms with Crippen molar-refractivity contribution in [1.29, 1.82) is 0 Å². The maximum Gasteiger partial charge on any atom is 0.143 e. The number of hydrogen-bond acceptors (Lipinski definition) is 2. The molecule has 0 aliphatic carbocycles. The zero-order valence-corrected chi connectivity index (χ0v) is 17.8. The van der Waals surface area contributed by atoms with Crippen molar-refractivity contribution in [3.05, 3.63) is 115 Å². The molecule has 0 saturated carbocycles. The number of aromatic nitrogens is 1. The molecule has 0 bridgehead atoms. The van der Waals surface area contributed by atoms with Crippen molar-refractivity contribution < 1.29 is 4.42 Å². The summed E-state index contributed by atoms with van der Waals surface area (Å²) in [6, 6.07) is 38.2. The first-order valence-electron chi connectivity index (χ1n) is 11.1.